The first kappa shape index (κ1) is 17.0. The molecule has 0 N–H and O–H groups in total. The summed E-state index contributed by atoms with van der Waals surface area (Å²) in [5.41, 5.74) is 3.55. The van der Waals surface area contributed by atoms with Crippen LogP contribution in [0.25, 0.3) is 11.3 Å². The zero-order valence-corrected chi connectivity index (χ0v) is 15.7. The summed E-state index contributed by atoms with van der Waals surface area (Å²) in [6.07, 6.45) is 0. The van der Waals surface area contributed by atoms with E-state index in [1.54, 1.807) is 11.3 Å². The van der Waals surface area contributed by atoms with Gasteiger partial charge in [0.2, 0.25) is 0 Å². The summed E-state index contributed by atoms with van der Waals surface area (Å²) < 4.78 is 2.32. The molecule has 0 fully saturated rings. The summed E-state index contributed by atoms with van der Waals surface area (Å²) in [4.78, 5) is 5.90. The van der Waals surface area contributed by atoms with E-state index in [-0.39, 0.29) is 5.54 Å². The van der Waals surface area contributed by atoms with Crippen molar-refractivity contribution in [1.29, 1.82) is 0 Å². The lowest BCUT2D eigenvalue weighted by atomic mass is 10.1. The van der Waals surface area contributed by atoms with Gasteiger partial charge in [-0.1, -0.05) is 54.1 Å². The van der Waals surface area contributed by atoms with E-state index in [0.29, 0.717) is 6.54 Å². The highest BCUT2D eigenvalue weighted by Crippen LogP contribution is 2.25. The molecule has 3 aromatic rings. The van der Waals surface area contributed by atoms with Crippen molar-refractivity contribution in [3.8, 4) is 11.3 Å². The summed E-state index contributed by atoms with van der Waals surface area (Å²) in [6, 6.07) is 18.4. The molecule has 0 aliphatic heterocycles. The van der Waals surface area contributed by atoms with E-state index >= 15 is 0 Å². The third kappa shape index (κ3) is 3.80. The molecule has 2 nitrogen and oxygen atoms in total. The molecule has 2 aromatic carbocycles. The standard InChI is InChI=1S/C20H21ClN2S/c1-20(2,3)23-18(16-7-5-4-6-8-16)14-24-19(23)22-13-15-9-11-17(21)12-10-15/h4-12,14H,13H2,1-3H3. The average molecular weight is 357 g/mol. The first-order valence-corrected chi connectivity index (χ1v) is 9.22. The second-order valence-corrected chi connectivity index (χ2v) is 7.99. The van der Waals surface area contributed by atoms with Gasteiger partial charge in [-0.25, -0.2) is 0 Å². The number of halogens is 1. The number of aromatic nitrogens is 1. The highest BCUT2D eigenvalue weighted by molar-refractivity contribution is 7.07. The number of rotatable bonds is 3. The van der Waals surface area contributed by atoms with Crippen LogP contribution in [0.2, 0.25) is 5.02 Å². The average Bonchev–Trinajstić information content (AvgIpc) is 2.99. The lowest BCUT2D eigenvalue weighted by Crippen LogP contribution is -2.31. The topological polar surface area (TPSA) is 17.3 Å². The third-order valence-electron chi connectivity index (χ3n) is 3.76. The maximum Gasteiger partial charge on any atom is 0.186 e. The van der Waals surface area contributed by atoms with Crippen LogP contribution in [-0.4, -0.2) is 4.57 Å². The fraction of sp³-hybridized carbons (Fsp3) is 0.250. The summed E-state index contributed by atoms with van der Waals surface area (Å²) in [5.74, 6) is 0. The van der Waals surface area contributed by atoms with E-state index in [1.165, 1.54) is 11.3 Å². The Bertz CT molecular complexity index is 868. The monoisotopic (exact) mass is 356 g/mol. The minimum atomic E-state index is -0.0377. The zero-order chi connectivity index (χ0) is 17.2. The molecule has 0 bridgehead atoms. The molecule has 0 aliphatic carbocycles. The molecule has 24 heavy (non-hydrogen) atoms. The van der Waals surface area contributed by atoms with Gasteiger partial charge >= 0.3 is 0 Å². The molecule has 0 atom stereocenters. The van der Waals surface area contributed by atoms with Gasteiger partial charge in [0, 0.05) is 15.9 Å². The van der Waals surface area contributed by atoms with E-state index in [1.807, 2.05) is 30.3 Å². The van der Waals surface area contributed by atoms with Crippen LogP contribution in [0.15, 0.2) is 65.0 Å². The van der Waals surface area contributed by atoms with Gasteiger partial charge in [-0.05, 0) is 44.0 Å². The summed E-state index contributed by atoms with van der Waals surface area (Å²) in [5, 5.41) is 2.95. The molecule has 4 heteroatoms. The van der Waals surface area contributed by atoms with E-state index < -0.39 is 0 Å². The van der Waals surface area contributed by atoms with Gasteiger partial charge in [0.1, 0.15) is 0 Å². The van der Waals surface area contributed by atoms with Crippen LogP contribution in [0.5, 0.6) is 0 Å². The van der Waals surface area contributed by atoms with Crippen LogP contribution in [0.1, 0.15) is 26.3 Å². The Kier molecular flexibility index (Phi) is 4.93. The SMILES string of the molecule is CC(C)(C)n1c(-c2ccccc2)csc1=NCc1ccc(Cl)cc1. The van der Waals surface area contributed by atoms with Crippen LogP contribution in [0.3, 0.4) is 0 Å². The predicted octanol–water partition coefficient (Wildman–Crippen LogP) is 5.73. The fourth-order valence-electron chi connectivity index (χ4n) is 2.63. The normalized spacial score (nSPS) is 12.6. The van der Waals surface area contributed by atoms with Crippen molar-refractivity contribution in [3.05, 3.63) is 75.4 Å². The Labute approximate surface area is 152 Å². The van der Waals surface area contributed by atoms with E-state index in [0.717, 1.165) is 15.4 Å². The molecule has 0 unspecified atom stereocenters. The fourth-order valence-corrected chi connectivity index (χ4v) is 3.83. The van der Waals surface area contributed by atoms with Crippen LogP contribution in [-0.2, 0) is 12.1 Å². The smallest absolute Gasteiger partial charge is 0.186 e. The molecule has 0 saturated carbocycles. The van der Waals surface area contributed by atoms with Crippen molar-refractivity contribution >= 4 is 22.9 Å². The van der Waals surface area contributed by atoms with Crippen molar-refractivity contribution < 1.29 is 0 Å². The molecule has 1 aromatic heterocycles. The first-order chi connectivity index (χ1) is 11.4. The number of benzene rings is 2. The van der Waals surface area contributed by atoms with Crippen molar-refractivity contribution in [2.75, 3.05) is 0 Å². The minimum absolute atomic E-state index is 0.0377. The molecule has 3 rings (SSSR count). The summed E-state index contributed by atoms with van der Waals surface area (Å²) >= 11 is 7.64. The molecule has 0 spiro atoms. The highest BCUT2D eigenvalue weighted by atomic mass is 35.5. The van der Waals surface area contributed by atoms with Crippen LogP contribution < -0.4 is 4.80 Å². The molecule has 0 saturated heterocycles. The van der Waals surface area contributed by atoms with Crippen LogP contribution in [0, 0.1) is 0 Å². The second-order valence-electron chi connectivity index (χ2n) is 6.72. The number of hydrogen-bond donors (Lipinski definition) is 0. The Morgan fingerprint density at radius 1 is 1.00 bits per heavy atom. The molecule has 1 heterocycles. The Balaban J connectivity index is 2.03. The van der Waals surface area contributed by atoms with Gasteiger partial charge in [-0.15, -0.1) is 11.3 Å². The van der Waals surface area contributed by atoms with Crippen molar-refractivity contribution in [3.63, 3.8) is 0 Å². The molecule has 0 aliphatic rings. The van der Waals surface area contributed by atoms with E-state index in [4.69, 9.17) is 16.6 Å². The number of hydrogen-bond acceptors (Lipinski definition) is 2. The Morgan fingerprint density at radius 3 is 2.29 bits per heavy atom. The maximum atomic E-state index is 5.95. The first-order valence-electron chi connectivity index (χ1n) is 7.96. The summed E-state index contributed by atoms with van der Waals surface area (Å²) in [7, 11) is 0. The van der Waals surface area contributed by atoms with Crippen LogP contribution >= 0.6 is 22.9 Å². The van der Waals surface area contributed by atoms with Crippen molar-refractivity contribution in [1.82, 2.24) is 4.57 Å². The number of nitrogens with zero attached hydrogens (tertiary/aromatic N) is 2. The highest BCUT2D eigenvalue weighted by Gasteiger charge is 2.19. The van der Waals surface area contributed by atoms with E-state index in [2.05, 4.69) is 55.0 Å². The summed E-state index contributed by atoms with van der Waals surface area (Å²) in [6.45, 7) is 7.30. The Hall–Kier alpha value is -1.84. The second kappa shape index (κ2) is 6.96. The minimum Gasteiger partial charge on any atom is -0.311 e. The van der Waals surface area contributed by atoms with E-state index in [9.17, 15) is 0 Å². The predicted molar refractivity (Wildman–Crippen MR) is 103 cm³/mol. The molecular formula is C20H21ClN2S. The van der Waals surface area contributed by atoms with Gasteiger partial charge in [0.05, 0.1) is 12.2 Å². The molecular weight excluding hydrogens is 336 g/mol. The zero-order valence-electron chi connectivity index (χ0n) is 14.2. The quantitative estimate of drug-likeness (QED) is 0.570. The van der Waals surface area contributed by atoms with Gasteiger partial charge < -0.3 is 4.57 Å². The van der Waals surface area contributed by atoms with Gasteiger partial charge in [0.15, 0.2) is 4.80 Å². The van der Waals surface area contributed by atoms with Gasteiger partial charge in [-0.3, -0.25) is 4.99 Å². The number of thiazole rings is 1. The third-order valence-corrected chi connectivity index (χ3v) is 4.87. The lowest BCUT2D eigenvalue weighted by molar-refractivity contribution is 0.391. The molecule has 124 valence electrons. The molecule has 0 amide bonds. The Morgan fingerprint density at radius 2 is 1.67 bits per heavy atom. The van der Waals surface area contributed by atoms with Crippen LogP contribution in [0.4, 0.5) is 0 Å². The van der Waals surface area contributed by atoms with Crippen molar-refractivity contribution in [2.24, 2.45) is 4.99 Å². The van der Waals surface area contributed by atoms with Crippen molar-refractivity contribution in [2.45, 2.75) is 32.9 Å². The lowest BCUT2D eigenvalue weighted by Gasteiger charge is -2.24. The maximum absolute atomic E-state index is 5.95. The largest absolute Gasteiger partial charge is 0.311 e. The molecule has 0 radical (unpaired) electrons. The van der Waals surface area contributed by atoms with Gasteiger partial charge in [-0.2, -0.15) is 0 Å². The van der Waals surface area contributed by atoms with Gasteiger partial charge in [0.25, 0.3) is 0 Å².